The first-order valence-corrected chi connectivity index (χ1v) is 36.4. The van der Waals surface area contributed by atoms with Crippen LogP contribution in [0.15, 0.2) is 146 Å². The molecule has 0 unspecified atom stereocenters. The quantitative estimate of drug-likeness (QED) is 0.152. The second-order valence-corrected chi connectivity index (χ2v) is 32.0. The van der Waals surface area contributed by atoms with Gasteiger partial charge < -0.3 is 8.80 Å². The highest BCUT2D eigenvalue weighted by Crippen LogP contribution is 2.65. The summed E-state index contributed by atoms with van der Waals surface area (Å²) in [4.78, 5) is 32.2. The van der Waals surface area contributed by atoms with Crippen molar-refractivity contribution in [2.24, 2.45) is 0 Å². The van der Waals surface area contributed by atoms with Crippen molar-refractivity contribution in [2.75, 3.05) is 0 Å². The lowest BCUT2D eigenvalue weighted by atomic mass is 9.52. The van der Waals surface area contributed by atoms with Crippen molar-refractivity contribution in [2.45, 2.75) is 199 Å². The molecule has 4 spiro atoms. The molecule has 4 heterocycles. The first-order valence-electron chi connectivity index (χ1n) is 36.4. The van der Waals surface area contributed by atoms with Gasteiger partial charge in [0.1, 0.15) is 0 Å². The summed E-state index contributed by atoms with van der Waals surface area (Å²) in [5.74, 6) is -0.221. The predicted molar refractivity (Wildman–Crippen MR) is 373 cm³/mol. The Morgan fingerprint density at radius 1 is 0.272 bits per heavy atom. The number of carbonyl (C=O) groups excluding carboxylic acids is 2. The zero-order valence-electron chi connectivity index (χ0n) is 52.8. The number of ketones is 2. The molecule has 4 bridgehead atoms. The molecule has 450 valence electrons. The van der Waals surface area contributed by atoms with Gasteiger partial charge in [-0.3, -0.25) is 9.59 Å². The molecule has 4 fully saturated rings. The number of nitrogens with zero attached hydrogens (tertiary/aromatic N) is 2. The lowest BCUT2D eigenvalue weighted by Crippen LogP contribution is -2.43. The molecule has 0 atom stereocenters. The maximum atomic E-state index is 16.1. The standard InChI is InChI=1S/C88H76N2O2/c91-83-63-47-71-65(41-59(63)73-49-21-5-9-25-53(49)75(83)54-26-10-6-22-50(54)73)77-79-67(85(29-13-1-14-30-85)37-39-87(79)33-17-3-18-34-87)43-61-57-45-70-58(46-69(57)89(71)81(61)77)62-44-68-80(88(35-19-4-20-36-88)40-38-86(68)31-15-2-16-32-86)78-66-42-60-64(48-72(66)90(70)82(62)78)84(92)76-55-27-11-7-23-51(55)74(60)52-24-8-12-28-56(52)76/h5-12,21-28,41-48,73-76H,1-4,13-20,29-40H2. The zero-order valence-corrected chi connectivity index (χ0v) is 52.8. The van der Waals surface area contributed by atoms with Crippen LogP contribution in [0.25, 0.3) is 76.2 Å². The van der Waals surface area contributed by atoms with Crippen LogP contribution in [0.4, 0.5) is 0 Å². The van der Waals surface area contributed by atoms with Gasteiger partial charge in [-0.15, -0.1) is 0 Å². The Hall–Kier alpha value is -8.08. The van der Waals surface area contributed by atoms with Gasteiger partial charge in [-0.25, -0.2) is 0 Å². The van der Waals surface area contributed by atoms with Crippen molar-refractivity contribution in [3.05, 3.63) is 235 Å². The number of Topliss-reactive ketones (excluding diaryl/α,β-unsaturated/α-hetero) is 2. The molecule has 0 amide bonds. The number of aromatic nitrogens is 2. The van der Waals surface area contributed by atoms with Crippen LogP contribution in [0.5, 0.6) is 0 Å². The molecule has 0 radical (unpaired) electrons. The van der Waals surface area contributed by atoms with Gasteiger partial charge in [-0.2, -0.15) is 0 Å². The van der Waals surface area contributed by atoms with Gasteiger partial charge >= 0.3 is 0 Å². The van der Waals surface area contributed by atoms with Crippen LogP contribution < -0.4 is 0 Å². The molecule has 12 aliphatic rings. The molecule has 4 aromatic heterocycles. The molecule has 12 aliphatic carbocycles. The van der Waals surface area contributed by atoms with Crippen molar-refractivity contribution >= 4 is 87.8 Å². The van der Waals surface area contributed by atoms with Gasteiger partial charge in [0.2, 0.25) is 0 Å². The molecule has 0 N–H and O–H groups in total. The normalized spacial score (nSPS) is 24.3. The van der Waals surface area contributed by atoms with Crippen LogP contribution >= 0.6 is 0 Å². The van der Waals surface area contributed by atoms with Crippen molar-refractivity contribution in [3.63, 3.8) is 0 Å². The molecule has 4 nitrogen and oxygen atoms in total. The lowest BCUT2D eigenvalue weighted by molar-refractivity contribution is 0.0966. The first-order chi connectivity index (χ1) is 45.4. The number of hydrogen-bond acceptors (Lipinski definition) is 2. The van der Waals surface area contributed by atoms with Crippen LogP contribution in [0.1, 0.15) is 276 Å². The van der Waals surface area contributed by atoms with Crippen LogP contribution in [0.3, 0.4) is 0 Å². The maximum Gasteiger partial charge on any atom is 0.175 e. The van der Waals surface area contributed by atoms with Gasteiger partial charge in [0.15, 0.2) is 11.6 Å². The van der Waals surface area contributed by atoms with Crippen LogP contribution in [0.2, 0.25) is 0 Å². The predicted octanol–water partition coefficient (Wildman–Crippen LogP) is 22.0. The molecular formula is C88H76N2O2. The third kappa shape index (κ3) is 6.04. The summed E-state index contributed by atoms with van der Waals surface area (Å²) >= 11 is 0. The molecule has 25 rings (SSSR count). The van der Waals surface area contributed by atoms with Crippen molar-refractivity contribution in [1.82, 2.24) is 8.80 Å². The molecule has 0 saturated heterocycles. The smallest absolute Gasteiger partial charge is 0.175 e. The summed E-state index contributed by atoms with van der Waals surface area (Å²) < 4.78 is 5.47. The number of rotatable bonds is 0. The molecule has 13 aromatic rings. The summed E-state index contributed by atoms with van der Waals surface area (Å²) in [5, 5.41) is 11.2. The van der Waals surface area contributed by atoms with Gasteiger partial charge in [0.25, 0.3) is 0 Å². The van der Waals surface area contributed by atoms with Crippen molar-refractivity contribution < 1.29 is 9.59 Å². The first kappa shape index (κ1) is 51.4. The average Bonchev–Trinajstić information content (AvgIpc) is 1.48. The second-order valence-electron chi connectivity index (χ2n) is 32.0. The van der Waals surface area contributed by atoms with Crippen LogP contribution in [-0.2, 0) is 21.7 Å². The number of benzene rings is 9. The minimum absolute atomic E-state index is 0.0175. The monoisotopic (exact) mass is 1190 g/mol. The zero-order chi connectivity index (χ0) is 59.9. The lowest BCUT2D eigenvalue weighted by Gasteiger charge is -2.51. The fraction of sp³-hybridized carbons (Fsp3) is 0.364. The van der Waals surface area contributed by atoms with E-state index < -0.39 is 0 Å². The van der Waals surface area contributed by atoms with Crippen LogP contribution in [0, 0.1) is 0 Å². The van der Waals surface area contributed by atoms with E-state index in [0.29, 0.717) is 0 Å². The average molecular weight is 1190 g/mol. The summed E-state index contributed by atoms with van der Waals surface area (Å²) in [6.07, 6.45) is 31.0. The fourth-order valence-corrected chi connectivity index (χ4v) is 24.5. The summed E-state index contributed by atoms with van der Waals surface area (Å²) in [6.45, 7) is 0. The molecular weight excluding hydrogens is 1120 g/mol. The Bertz CT molecular complexity index is 5080. The van der Waals surface area contributed by atoms with Crippen molar-refractivity contribution in [3.8, 4) is 0 Å². The van der Waals surface area contributed by atoms with E-state index in [-0.39, 0.29) is 56.9 Å². The Labute approximate surface area is 537 Å². The molecule has 4 saturated carbocycles. The van der Waals surface area contributed by atoms with Gasteiger partial charge in [-0.1, -0.05) is 174 Å². The highest BCUT2D eigenvalue weighted by Gasteiger charge is 2.53. The number of fused-ring (bicyclic) bond motifs is 20. The second kappa shape index (κ2) is 17.6. The fourth-order valence-electron chi connectivity index (χ4n) is 24.5. The molecule has 92 heavy (non-hydrogen) atoms. The van der Waals surface area contributed by atoms with E-state index in [0.717, 1.165) is 11.1 Å². The van der Waals surface area contributed by atoms with Gasteiger partial charge in [0.05, 0.1) is 44.9 Å². The Balaban J connectivity index is 0.891. The van der Waals surface area contributed by atoms with Gasteiger partial charge in [-0.05, 0) is 225 Å². The molecule has 9 aromatic carbocycles. The summed E-state index contributed by atoms with van der Waals surface area (Å²) in [7, 11) is 0. The van der Waals surface area contributed by atoms with E-state index in [4.69, 9.17) is 0 Å². The van der Waals surface area contributed by atoms with E-state index in [1.807, 2.05) is 0 Å². The Kier molecular flexibility index (Phi) is 9.83. The molecule has 4 heteroatoms. The van der Waals surface area contributed by atoms with Crippen LogP contribution in [-0.4, -0.2) is 20.4 Å². The van der Waals surface area contributed by atoms with E-state index in [1.165, 1.54) is 286 Å². The Morgan fingerprint density at radius 2 is 0.565 bits per heavy atom. The van der Waals surface area contributed by atoms with E-state index >= 15 is 9.59 Å². The highest BCUT2D eigenvalue weighted by molar-refractivity contribution is 6.31. The van der Waals surface area contributed by atoms with Gasteiger partial charge in [0, 0.05) is 66.1 Å². The summed E-state index contributed by atoms with van der Waals surface area (Å²) in [5.41, 5.74) is 29.2. The van der Waals surface area contributed by atoms with E-state index in [2.05, 4.69) is 154 Å². The minimum atomic E-state index is -0.335. The number of hydrogen-bond donors (Lipinski definition) is 0. The SMILES string of the molecule is O=C1c2cc3c(cc2C2c4ccccc4C1c1ccccc12)c1c2c(cc4c5cc6c(cc5n3c41)c1cc3c(c4c5cc7c(cc5n6c14)C(=O)C1c4ccccc4C7c4ccccc41)C1(CCCCC1)CCC31CCCCC1)C1(CCCCC1)CCC21CCCCC1. The maximum absolute atomic E-state index is 16.1. The third-order valence-corrected chi connectivity index (χ3v) is 28.3. The number of carbonyl (C=O) groups is 2. The minimum Gasteiger partial charge on any atom is -0.308 e. The molecule has 0 aliphatic heterocycles. The van der Waals surface area contributed by atoms with Crippen molar-refractivity contribution in [1.29, 1.82) is 0 Å². The highest BCUT2D eigenvalue weighted by atomic mass is 16.1. The Morgan fingerprint density at radius 3 is 0.902 bits per heavy atom. The van der Waals surface area contributed by atoms with E-state index in [9.17, 15) is 0 Å². The largest absolute Gasteiger partial charge is 0.308 e. The van der Waals surface area contributed by atoms with E-state index in [1.54, 1.807) is 22.3 Å². The topological polar surface area (TPSA) is 43.0 Å². The third-order valence-electron chi connectivity index (χ3n) is 28.3. The summed E-state index contributed by atoms with van der Waals surface area (Å²) in [6, 6.07) is 56.9.